The minimum absolute atomic E-state index is 0.266. The monoisotopic (exact) mass is 272 g/mol. The van der Waals surface area contributed by atoms with Crippen LogP contribution in [-0.2, 0) is 11.2 Å². The molecule has 0 amide bonds. The highest BCUT2D eigenvalue weighted by Crippen LogP contribution is 2.13. The molecule has 0 atom stereocenters. The fourth-order valence-corrected chi connectivity index (χ4v) is 2.03. The van der Waals surface area contributed by atoms with E-state index in [1.165, 1.54) is 17.1 Å². The van der Waals surface area contributed by atoms with Crippen molar-refractivity contribution in [1.29, 1.82) is 0 Å². The standard InChI is InChI=1S/C15H16N2O3/c1-10(2)7-11-3-4-13-12(8-11)15(20)17(9-16-13)6-5-14(18)19/h3-6,8-10H,7H2,1-2H3,(H,18,19)/b6-5+. The second kappa shape index (κ2) is 5.69. The van der Waals surface area contributed by atoms with Crippen molar-refractivity contribution >= 4 is 23.1 Å². The van der Waals surface area contributed by atoms with Crippen LogP contribution in [-0.4, -0.2) is 20.6 Å². The highest BCUT2D eigenvalue weighted by Gasteiger charge is 2.05. The SMILES string of the molecule is CC(C)Cc1ccc2ncn(/C=C/C(=O)O)c(=O)c2c1. The quantitative estimate of drug-likeness (QED) is 0.866. The van der Waals surface area contributed by atoms with E-state index < -0.39 is 5.97 Å². The van der Waals surface area contributed by atoms with Crippen LogP contribution in [0.4, 0.5) is 0 Å². The molecule has 0 fully saturated rings. The lowest BCUT2D eigenvalue weighted by molar-refractivity contribution is -0.131. The van der Waals surface area contributed by atoms with Gasteiger partial charge in [-0.25, -0.2) is 9.78 Å². The van der Waals surface area contributed by atoms with Gasteiger partial charge in [-0.3, -0.25) is 9.36 Å². The first-order valence-electron chi connectivity index (χ1n) is 6.38. The summed E-state index contributed by atoms with van der Waals surface area (Å²) in [5.41, 5.74) is 1.42. The Hall–Kier alpha value is -2.43. The fraction of sp³-hybridized carbons (Fsp3) is 0.267. The zero-order valence-corrected chi connectivity index (χ0v) is 11.4. The van der Waals surface area contributed by atoms with Crippen molar-refractivity contribution in [3.63, 3.8) is 0 Å². The Labute approximate surface area is 116 Å². The van der Waals surface area contributed by atoms with Crippen molar-refractivity contribution in [2.24, 2.45) is 5.92 Å². The number of hydrogen-bond acceptors (Lipinski definition) is 3. The number of carbonyl (C=O) groups is 1. The molecule has 0 radical (unpaired) electrons. The van der Waals surface area contributed by atoms with E-state index in [4.69, 9.17) is 5.11 Å². The van der Waals surface area contributed by atoms with Crippen molar-refractivity contribution in [1.82, 2.24) is 9.55 Å². The predicted octanol–water partition coefficient (Wildman–Crippen LogP) is 2.15. The van der Waals surface area contributed by atoms with E-state index in [1.807, 2.05) is 18.2 Å². The Morgan fingerprint density at radius 2 is 2.20 bits per heavy atom. The maximum atomic E-state index is 12.3. The first kappa shape index (κ1) is 14.0. The molecule has 1 aromatic carbocycles. The average Bonchev–Trinajstić information content (AvgIpc) is 2.38. The number of aromatic nitrogens is 2. The molecule has 0 aliphatic heterocycles. The Morgan fingerprint density at radius 3 is 2.85 bits per heavy atom. The summed E-state index contributed by atoms with van der Waals surface area (Å²) in [5, 5.41) is 9.10. The van der Waals surface area contributed by atoms with E-state index in [0.717, 1.165) is 18.1 Å². The lowest BCUT2D eigenvalue weighted by atomic mass is 10.0. The van der Waals surface area contributed by atoms with Crippen LogP contribution < -0.4 is 5.56 Å². The van der Waals surface area contributed by atoms with Crippen LogP contribution in [0.25, 0.3) is 17.1 Å². The molecule has 2 aromatic rings. The molecule has 104 valence electrons. The van der Waals surface area contributed by atoms with Crippen molar-refractivity contribution in [2.45, 2.75) is 20.3 Å². The normalized spacial score (nSPS) is 11.6. The van der Waals surface area contributed by atoms with Gasteiger partial charge in [0.05, 0.1) is 10.9 Å². The zero-order valence-electron chi connectivity index (χ0n) is 11.4. The first-order chi connectivity index (χ1) is 9.47. The number of hydrogen-bond donors (Lipinski definition) is 1. The Bertz CT molecular complexity index is 729. The minimum Gasteiger partial charge on any atom is -0.478 e. The third-order valence-corrected chi connectivity index (χ3v) is 2.87. The van der Waals surface area contributed by atoms with Crippen LogP contribution in [0.1, 0.15) is 19.4 Å². The summed E-state index contributed by atoms with van der Waals surface area (Å²) in [4.78, 5) is 26.9. The molecule has 1 aromatic heterocycles. The first-order valence-corrected chi connectivity index (χ1v) is 6.38. The van der Waals surface area contributed by atoms with Crippen LogP contribution in [0.2, 0.25) is 0 Å². The molecule has 0 aliphatic carbocycles. The molecule has 0 bridgehead atoms. The minimum atomic E-state index is -1.11. The molecule has 0 saturated heterocycles. The molecule has 1 N–H and O–H groups in total. The van der Waals surface area contributed by atoms with Gasteiger partial charge < -0.3 is 5.11 Å². The number of carboxylic acid groups (broad SMARTS) is 1. The van der Waals surface area contributed by atoms with Crippen molar-refractivity contribution in [3.05, 3.63) is 46.5 Å². The maximum absolute atomic E-state index is 12.3. The predicted molar refractivity (Wildman–Crippen MR) is 77.5 cm³/mol. The number of nitrogens with zero attached hydrogens (tertiary/aromatic N) is 2. The molecule has 0 aliphatic rings. The van der Waals surface area contributed by atoms with Gasteiger partial charge in [0.1, 0.15) is 6.33 Å². The highest BCUT2D eigenvalue weighted by molar-refractivity contribution is 5.83. The average molecular weight is 272 g/mol. The molecule has 5 heteroatoms. The van der Waals surface area contributed by atoms with Gasteiger partial charge in [0.25, 0.3) is 5.56 Å². The fourth-order valence-electron chi connectivity index (χ4n) is 2.03. The molecule has 0 saturated carbocycles. The van der Waals surface area contributed by atoms with E-state index in [-0.39, 0.29) is 5.56 Å². The smallest absolute Gasteiger partial charge is 0.329 e. The van der Waals surface area contributed by atoms with Gasteiger partial charge in [-0.1, -0.05) is 19.9 Å². The van der Waals surface area contributed by atoms with Gasteiger partial charge in [-0.15, -0.1) is 0 Å². The van der Waals surface area contributed by atoms with Crippen molar-refractivity contribution in [2.75, 3.05) is 0 Å². The largest absolute Gasteiger partial charge is 0.478 e. The lowest BCUT2D eigenvalue weighted by Crippen LogP contribution is -2.16. The van der Waals surface area contributed by atoms with Gasteiger partial charge in [0.2, 0.25) is 0 Å². The summed E-state index contributed by atoms with van der Waals surface area (Å²) in [6.07, 6.45) is 4.32. The number of fused-ring (bicyclic) bond motifs is 1. The van der Waals surface area contributed by atoms with E-state index in [0.29, 0.717) is 16.8 Å². The Morgan fingerprint density at radius 1 is 1.45 bits per heavy atom. The molecular weight excluding hydrogens is 256 g/mol. The second-order valence-corrected chi connectivity index (χ2v) is 5.06. The summed E-state index contributed by atoms with van der Waals surface area (Å²) in [7, 11) is 0. The van der Waals surface area contributed by atoms with Gasteiger partial charge >= 0.3 is 5.97 Å². The van der Waals surface area contributed by atoms with Crippen molar-refractivity contribution in [3.8, 4) is 0 Å². The summed E-state index contributed by atoms with van der Waals surface area (Å²) in [6, 6.07) is 5.61. The topological polar surface area (TPSA) is 72.2 Å². The van der Waals surface area contributed by atoms with Gasteiger partial charge in [0, 0.05) is 12.3 Å². The molecular formula is C15H16N2O3. The second-order valence-electron chi connectivity index (χ2n) is 5.06. The number of rotatable bonds is 4. The molecule has 0 spiro atoms. The molecule has 2 rings (SSSR count). The van der Waals surface area contributed by atoms with Crippen LogP contribution in [0, 0.1) is 5.92 Å². The van der Waals surface area contributed by atoms with E-state index in [1.54, 1.807) is 0 Å². The van der Waals surface area contributed by atoms with Gasteiger partial charge in [-0.2, -0.15) is 0 Å². The highest BCUT2D eigenvalue weighted by atomic mass is 16.4. The van der Waals surface area contributed by atoms with Gasteiger partial charge in [0.15, 0.2) is 0 Å². The lowest BCUT2D eigenvalue weighted by Gasteiger charge is -2.06. The molecule has 5 nitrogen and oxygen atoms in total. The van der Waals surface area contributed by atoms with E-state index in [9.17, 15) is 9.59 Å². The van der Waals surface area contributed by atoms with Crippen LogP contribution in [0.3, 0.4) is 0 Å². The van der Waals surface area contributed by atoms with Crippen LogP contribution >= 0.6 is 0 Å². The van der Waals surface area contributed by atoms with Gasteiger partial charge in [-0.05, 0) is 30.0 Å². The third-order valence-electron chi connectivity index (χ3n) is 2.87. The Balaban J connectivity index is 2.52. The van der Waals surface area contributed by atoms with E-state index in [2.05, 4.69) is 18.8 Å². The third kappa shape index (κ3) is 3.12. The van der Waals surface area contributed by atoms with Crippen molar-refractivity contribution < 1.29 is 9.90 Å². The Kier molecular flexibility index (Phi) is 3.98. The van der Waals surface area contributed by atoms with Crippen LogP contribution in [0.5, 0.6) is 0 Å². The summed E-state index contributed by atoms with van der Waals surface area (Å²) < 4.78 is 1.18. The zero-order chi connectivity index (χ0) is 14.7. The molecule has 20 heavy (non-hydrogen) atoms. The maximum Gasteiger partial charge on any atom is 0.329 e. The van der Waals surface area contributed by atoms with E-state index >= 15 is 0 Å². The van der Waals surface area contributed by atoms with Crippen LogP contribution in [0.15, 0.2) is 35.4 Å². The summed E-state index contributed by atoms with van der Waals surface area (Å²) in [6.45, 7) is 4.22. The molecule has 1 heterocycles. The number of carboxylic acids is 1. The number of aliphatic carboxylic acids is 1. The summed E-state index contributed by atoms with van der Waals surface area (Å²) >= 11 is 0. The summed E-state index contributed by atoms with van der Waals surface area (Å²) in [5.74, 6) is -0.608. The molecule has 0 unspecified atom stereocenters. The number of benzene rings is 1.